The van der Waals surface area contributed by atoms with E-state index in [1.54, 1.807) is 6.07 Å². The van der Waals surface area contributed by atoms with Crippen LogP contribution in [0.4, 0.5) is 5.69 Å². The van der Waals surface area contributed by atoms with Crippen molar-refractivity contribution in [3.63, 3.8) is 0 Å². The number of esters is 1. The SMILES string of the molecule is CC(=O)CCC(=O)OCC(=O)Nc1ccccc1Sc1ccccc1. The number of rotatable bonds is 8. The number of amides is 1. The molecule has 5 nitrogen and oxygen atoms in total. The number of hydrogen-bond acceptors (Lipinski definition) is 5. The molecule has 6 heteroatoms. The number of nitrogens with one attached hydrogen (secondary N) is 1. The van der Waals surface area contributed by atoms with Crippen LogP contribution in [0.25, 0.3) is 0 Å². The van der Waals surface area contributed by atoms with Gasteiger partial charge < -0.3 is 14.8 Å². The van der Waals surface area contributed by atoms with Gasteiger partial charge in [-0.1, -0.05) is 42.1 Å². The highest BCUT2D eigenvalue weighted by atomic mass is 32.2. The number of anilines is 1. The van der Waals surface area contributed by atoms with Gasteiger partial charge in [0.1, 0.15) is 5.78 Å². The van der Waals surface area contributed by atoms with Crippen LogP contribution in [0.3, 0.4) is 0 Å². The van der Waals surface area contributed by atoms with Crippen molar-refractivity contribution in [2.24, 2.45) is 0 Å². The Morgan fingerprint density at radius 2 is 1.64 bits per heavy atom. The lowest BCUT2D eigenvalue weighted by molar-refractivity contribution is -0.148. The van der Waals surface area contributed by atoms with E-state index in [9.17, 15) is 14.4 Å². The quantitative estimate of drug-likeness (QED) is 0.730. The van der Waals surface area contributed by atoms with Crippen molar-refractivity contribution in [2.45, 2.75) is 29.6 Å². The number of hydrogen-bond donors (Lipinski definition) is 1. The van der Waals surface area contributed by atoms with E-state index in [0.717, 1.165) is 9.79 Å². The van der Waals surface area contributed by atoms with E-state index in [0.29, 0.717) is 5.69 Å². The summed E-state index contributed by atoms with van der Waals surface area (Å²) < 4.78 is 4.87. The zero-order chi connectivity index (χ0) is 18.1. The van der Waals surface area contributed by atoms with Crippen LogP contribution in [0.15, 0.2) is 64.4 Å². The summed E-state index contributed by atoms with van der Waals surface area (Å²) in [6.07, 6.45) is 0.111. The van der Waals surface area contributed by atoms with E-state index >= 15 is 0 Å². The van der Waals surface area contributed by atoms with Gasteiger partial charge in [-0.25, -0.2) is 0 Å². The fraction of sp³-hybridized carbons (Fsp3) is 0.211. The summed E-state index contributed by atoms with van der Waals surface area (Å²) in [5.41, 5.74) is 0.654. The van der Waals surface area contributed by atoms with Crippen LogP contribution >= 0.6 is 11.8 Å². The largest absolute Gasteiger partial charge is 0.456 e. The molecule has 130 valence electrons. The Kier molecular flexibility index (Phi) is 7.22. The van der Waals surface area contributed by atoms with Crippen LogP contribution in [0.5, 0.6) is 0 Å². The highest BCUT2D eigenvalue weighted by Crippen LogP contribution is 2.33. The van der Waals surface area contributed by atoms with Gasteiger partial charge in [-0.2, -0.15) is 0 Å². The fourth-order valence-electron chi connectivity index (χ4n) is 1.96. The first-order valence-corrected chi connectivity index (χ1v) is 8.63. The molecule has 0 radical (unpaired) electrons. The minimum Gasteiger partial charge on any atom is -0.456 e. The average molecular weight is 357 g/mol. The van der Waals surface area contributed by atoms with Crippen molar-refractivity contribution >= 4 is 35.1 Å². The van der Waals surface area contributed by atoms with Gasteiger partial charge in [-0.3, -0.25) is 9.59 Å². The second-order valence-electron chi connectivity index (χ2n) is 5.32. The maximum Gasteiger partial charge on any atom is 0.306 e. The topological polar surface area (TPSA) is 72.5 Å². The number of para-hydroxylation sites is 1. The number of benzene rings is 2. The van der Waals surface area contributed by atoms with Crippen LogP contribution in [-0.2, 0) is 19.1 Å². The molecule has 0 heterocycles. The van der Waals surface area contributed by atoms with Crippen LogP contribution in [0.2, 0.25) is 0 Å². The predicted molar refractivity (Wildman–Crippen MR) is 96.5 cm³/mol. The molecule has 0 fully saturated rings. The lowest BCUT2D eigenvalue weighted by Gasteiger charge is -2.11. The summed E-state index contributed by atoms with van der Waals surface area (Å²) >= 11 is 1.53. The van der Waals surface area contributed by atoms with Crippen molar-refractivity contribution in [2.75, 3.05) is 11.9 Å². The van der Waals surface area contributed by atoms with Gasteiger partial charge in [0.25, 0.3) is 5.91 Å². The fourth-order valence-corrected chi connectivity index (χ4v) is 2.88. The van der Waals surface area contributed by atoms with Crippen molar-refractivity contribution in [3.05, 3.63) is 54.6 Å². The molecule has 0 saturated heterocycles. The zero-order valence-corrected chi connectivity index (χ0v) is 14.7. The Balaban J connectivity index is 1.90. The molecule has 0 aliphatic carbocycles. The maximum atomic E-state index is 12.0. The summed E-state index contributed by atoms with van der Waals surface area (Å²) in [6.45, 7) is 1.03. The Morgan fingerprint density at radius 1 is 0.960 bits per heavy atom. The molecule has 0 saturated carbocycles. The third kappa shape index (κ3) is 6.81. The van der Waals surface area contributed by atoms with Gasteiger partial charge >= 0.3 is 5.97 Å². The smallest absolute Gasteiger partial charge is 0.306 e. The van der Waals surface area contributed by atoms with Crippen molar-refractivity contribution in [3.8, 4) is 0 Å². The van der Waals surface area contributed by atoms with E-state index in [1.807, 2.05) is 48.5 Å². The van der Waals surface area contributed by atoms with Gasteiger partial charge in [-0.05, 0) is 31.2 Å². The normalized spacial score (nSPS) is 10.1. The molecule has 0 aliphatic rings. The molecule has 0 atom stereocenters. The molecule has 0 aliphatic heterocycles. The number of carbonyl (C=O) groups excluding carboxylic acids is 3. The van der Waals surface area contributed by atoms with E-state index in [-0.39, 0.29) is 25.2 Å². The summed E-state index contributed by atoms with van der Waals surface area (Å²) in [7, 11) is 0. The van der Waals surface area contributed by atoms with Crippen LogP contribution < -0.4 is 5.32 Å². The summed E-state index contributed by atoms with van der Waals surface area (Å²) in [4.78, 5) is 36.2. The zero-order valence-electron chi connectivity index (χ0n) is 13.9. The van der Waals surface area contributed by atoms with Crippen LogP contribution in [0.1, 0.15) is 19.8 Å². The first-order chi connectivity index (χ1) is 12.0. The van der Waals surface area contributed by atoms with Crippen LogP contribution in [0, 0.1) is 0 Å². The molecule has 1 N–H and O–H groups in total. The van der Waals surface area contributed by atoms with E-state index in [2.05, 4.69) is 5.32 Å². The second-order valence-corrected chi connectivity index (χ2v) is 6.44. The average Bonchev–Trinajstić information content (AvgIpc) is 2.61. The molecule has 2 aromatic carbocycles. The van der Waals surface area contributed by atoms with E-state index in [1.165, 1.54) is 18.7 Å². The highest BCUT2D eigenvalue weighted by Gasteiger charge is 2.11. The standard InChI is InChI=1S/C19H19NO4S/c1-14(21)11-12-19(23)24-13-18(22)20-16-9-5-6-10-17(16)25-15-7-3-2-4-8-15/h2-10H,11-13H2,1H3,(H,20,22). The summed E-state index contributed by atoms with van der Waals surface area (Å²) in [5.74, 6) is -1.07. The van der Waals surface area contributed by atoms with Gasteiger partial charge in [0.2, 0.25) is 0 Å². The molecule has 2 aromatic rings. The summed E-state index contributed by atoms with van der Waals surface area (Å²) in [5, 5.41) is 2.75. The van der Waals surface area contributed by atoms with Crippen molar-refractivity contribution in [1.82, 2.24) is 0 Å². The first-order valence-electron chi connectivity index (χ1n) is 7.81. The van der Waals surface area contributed by atoms with Crippen LogP contribution in [-0.4, -0.2) is 24.3 Å². The van der Waals surface area contributed by atoms with Gasteiger partial charge in [0.05, 0.1) is 12.1 Å². The second kappa shape index (κ2) is 9.64. The molecular formula is C19H19NO4S. The number of ketones is 1. The van der Waals surface area contributed by atoms with Crippen molar-refractivity contribution in [1.29, 1.82) is 0 Å². The van der Waals surface area contributed by atoms with Gasteiger partial charge in [0.15, 0.2) is 6.61 Å². The summed E-state index contributed by atoms with van der Waals surface area (Å²) in [6, 6.07) is 17.2. The van der Waals surface area contributed by atoms with Gasteiger partial charge in [0, 0.05) is 16.2 Å². The number of ether oxygens (including phenoxy) is 1. The third-order valence-electron chi connectivity index (χ3n) is 3.18. The molecular weight excluding hydrogens is 338 g/mol. The molecule has 2 rings (SSSR count). The lowest BCUT2D eigenvalue weighted by atomic mass is 10.2. The molecule has 25 heavy (non-hydrogen) atoms. The lowest BCUT2D eigenvalue weighted by Crippen LogP contribution is -2.21. The Bertz CT molecular complexity index is 746. The minimum absolute atomic E-state index is 0.0109. The predicted octanol–water partition coefficient (Wildman–Crippen LogP) is 3.69. The Labute approximate surface area is 150 Å². The van der Waals surface area contributed by atoms with Crippen molar-refractivity contribution < 1.29 is 19.1 Å². The highest BCUT2D eigenvalue weighted by molar-refractivity contribution is 7.99. The molecule has 0 bridgehead atoms. The maximum absolute atomic E-state index is 12.0. The number of Topliss-reactive ketones (excluding diaryl/α,β-unsaturated/α-hetero) is 1. The Morgan fingerprint density at radius 3 is 2.36 bits per heavy atom. The van der Waals surface area contributed by atoms with E-state index in [4.69, 9.17) is 4.74 Å². The monoisotopic (exact) mass is 357 g/mol. The molecule has 1 amide bonds. The molecule has 0 spiro atoms. The van der Waals surface area contributed by atoms with Gasteiger partial charge in [-0.15, -0.1) is 0 Å². The Hall–Kier alpha value is -2.60. The molecule has 0 unspecified atom stereocenters. The molecule has 0 aromatic heterocycles. The van der Waals surface area contributed by atoms with E-state index < -0.39 is 11.9 Å². The minimum atomic E-state index is -0.558. The third-order valence-corrected chi connectivity index (χ3v) is 4.26. The first kappa shape index (κ1) is 18.7. The number of carbonyl (C=O) groups is 3.